The maximum atomic E-state index is 12.7. The molecule has 0 fully saturated rings. The van der Waals surface area contributed by atoms with Gasteiger partial charge in [-0.25, -0.2) is 0 Å². The number of nitrogens with zero attached hydrogens (tertiary/aromatic N) is 3. The molecular weight excluding hydrogens is 518 g/mol. The zero-order valence-corrected chi connectivity index (χ0v) is 23.1. The molecule has 0 aliphatic carbocycles. The van der Waals surface area contributed by atoms with Gasteiger partial charge in [-0.2, -0.15) is 5.10 Å². The second-order valence-electron chi connectivity index (χ2n) is 10.4. The average molecular weight is 542 g/mol. The molecule has 0 saturated heterocycles. The second-order valence-corrected chi connectivity index (χ2v) is 12.2. The summed E-state index contributed by atoms with van der Waals surface area (Å²) in [4.78, 5) is 17.3. The third-order valence-corrected chi connectivity index (χ3v) is 7.15. The van der Waals surface area contributed by atoms with Crippen LogP contribution in [-0.2, 0) is 33.0 Å². The van der Waals surface area contributed by atoms with Gasteiger partial charge in [0.2, 0.25) is 5.91 Å². The van der Waals surface area contributed by atoms with Gasteiger partial charge in [-0.3, -0.25) is 18.7 Å². The molecule has 2 heterocycles. The smallest absolute Gasteiger partial charge is 0.228 e. The summed E-state index contributed by atoms with van der Waals surface area (Å²) in [5.41, 5.74) is 1.40. The molecule has 0 spiro atoms. The van der Waals surface area contributed by atoms with Crippen molar-refractivity contribution in [3.63, 3.8) is 0 Å². The molecule has 2 aromatic carbocycles. The highest BCUT2D eigenvalue weighted by Gasteiger charge is 2.24. The molecule has 8 nitrogen and oxygen atoms in total. The van der Waals surface area contributed by atoms with Gasteiger partial charge in [0, 0.05) is 44.4 Å². The number of anilines is 1. The normalized spacial score (nSPS) is 13.2. The molecule has 10 radical (unpaired) electrons. The van der Waals surface area contributed by atoms with E-state index in [0.29, 0.717) is 27.9 Å². The number of amides is 1. The SMILES string of the molecule is [B]C([B])(O)c1cc(CC(=O)Nc2cnn(C(C)(C)C)c2)ccc1Oc1ccnc2ccc(S(=O)C([B])([B])[B])cc12. The van der Waals surface area contributed by atoms with Crippen molar-refractivity contribution in [2.24, 2.45) is 0 Å². The number of carbonyl (C=O) groups excluding carboxylic acids is 1. The van der Waals surface area contributed by atoms with Crippen molar-refractivity contribution in [1.82, 2.24) is 14.8 Å². The predicted octanol–water partition coefficient (Wildman–Crippen LogP) is 1.82. The molecule has 1 unspecified atom stereocenters. The molecule has 0 saturated carbocycles. The van der Waals surface area contributed by atoms with E-state index in [4.69, 9.17) is 44.0 Å². The molecule has 14 heteroatoms. The fraction of sp³-hybridized carbons (Fsp3) is 0.269. The number of benzene rings is 2. The summed E-state index contributed by atoms with van der Waals surface area (Å²) >= 11 is 0. The Morgan fingerprint density at radius 3 is 2.40 bits per heavy atom. The van der Waals surface area contributed by atoms with E-state index in [1.165, 1.54) is 12.3 Å². The molecule has 2 N–H and O–H groups in total. The molecule has 192 valence electrons. The van der Waals surface area contributed by atoms with Gasteiger partial charge in [0.05, 0.1) is 52.9 Å². The van der Waals surface area contributed by atoms with Gasteiger partial charge in [0.1, 0.15) is 27.2 Å². The number of rotatable bonds is 8. The Balaban J connectivity index is 1.61. The largest absolute Gasteiger partial charge is 0.456 e. The molecule has 0 bridgehead atoms. The van der Waals surface area contributed by atoms with Crippen molar-refractivity contribution in [3.8, 4) is 11.5 Å². The Bertz CT molecular complexity index is 1590. The number of hydrogen-bond acceptors (Lipinski definition) is 6. The fourth-order valence-corrected chi connectivity index (χ4v) is 4.69. The zero-order chi connectivity index (χ0) is 29.5. The first kappa shape index (κ1) is 29.7. The van der Waals surface area contributed by atoms with E-state index in [2.05, 4.69) is 15.4 Å². The maximum Gasteiger partial charge on any atom is 0.228 e. The van der Waals surface area contributed by atoms with Gasteiger partial charge in [0.25, 0.3) is 0 Å². The fourth-order valence-electron chi connectivity index (χ4n) is 3.86. The lowest BCUT2D eigenvalue weighted by atomic mass is 9.56. The van der Waals surface area contributed by atoms with E-state index in [9.17, 15) is 14.1 Å². The van der Waals surface area contributed by atoms with Crippen molar-refractivity contribution in [3.05, 3.63) is 72.2 Å². The molecule has 1 amide bonds. The summed E-state index contributed by atoms with van der Waals surface area (Å²) < 4.78 is 18.5. The first-order chi connectivity index (χ1) is 18.5. The quantitative estimate of drug-likeness (QED) is 0.330. The Kier molecular flexibility index (Phi) is 8.16. The van der Waals surface area contributed by atoms with Crippen LogP contribution >= 0.6 is 0 Å². The van der Waals surface area contributed by atoms with Gasteiger partial charge in [-0.1, -0.05) is 16.6 Å². The minimum atomic E-state index is -2.29. The number of nitrogens with one attached hydrogen (secondary N) is 1. The van der Waals surface area contributed by atoms with Crippen molar-refractivity contribution >= 4 is 72.5 Å². The molecule has 2 aromatic heterocycles. The van der Waals surface area contributed by atoms with Crippen LogP contribution in [0.15, 0.2) is 66.0 Å². The third kappa shape index (κ3) is 6.90. The number of pyridine rings is 1. The van der Waals surface area contributed by atoms with Crippen LogP contribution in [0.4, 0.5) is 5.69 Å². The van der Waals surface area contributed by atoms with Crippen molar-refractivity contribution < 1.29 is 18.8 Å². The van der Waals surface area contributed by atoms with Gasteiger partial charge in [-0.05, 0) is 56.7 Å². The topological polar surface area (TPSA) is 106 Å². The zero-order valence-electron chi connectivity index (χ0n) is 22.3. The molecular formula is C26H23B5N4O4S. The van der Waals surface area contributed by atoms with E-state index < -0.39 is 20.6 Å². The monoisotopic (exact) mass is 542 g/mol. The highest BCUT2D eigenvalue weighted by atomic mass is 32.2. The minimum absolute atomic E-state index is 0.0313. The summed E-state index contributed by atoms with van der Waals surface area (Å²) in [6.45, 7) is 5.99. The van der Waals surface area contributed by atoms with Gasteiger partial charge in [-0.15, -0.1) is 0 Å². The third-order valence-electron chi connectivity index (χ3n) is 5.82. The van der Waals surface area contributed by atoms with Crippen LogP contribution in [0.5, 0.6) is 11.5 Å². The van der Waals surface area contributed by atoms with Gasteiger partial charge in [0.15, 0.2) is 0 Å². The number of aliphatic hydroxyl groups is 1. The Morgan fingerprint density at radius 1 is 1.05 bits per heavy atom. The lowest BCUT2D eigenvalue weighted by molar-refractivity contribution is -0.115. The van der Waals surface area contributed by atoms with Crippen LogP contribution in [0.1, 0.15) is 31.9 Å². The summed E-state index contributed by atoms with van der Waals surface area (Å²) in [7, 11) is 26.6. The van der Waals surface area contributed by atoms with E-state index in [-0.39, 0.29) is 34.1 Å². The van der Waals surface area contributed by atoms with Gasteiger partial charge >= 0.3 is 0 Å². The van der Waals surface area contributed by atoms with E-state index >= 15 is 0 Å². The van der Waals surface area contributed by atoms with Crippen LogP contribution in [0, 0.1) is 0 Å². The molecule has 4 rings (SSSR count). The molecule has 0 aliphatic heterocycles. The molecule has 1 atom stereocenters. The lowest BCUT2D eigenvalue weighted by Crippen LogP contribution is -2.35. The van der Waals surface area contributed by atoms with Crippen molar-refractivity contribution in [1.29, 1.82) is 0 Å². The predicted molar refractivity (Wildman–Crippen MR) is 160 cm³/mol. The Hall–Kier alpha value is -3.24. The van der Waals surface area contributed by atoms with Crippen LogP contribution in [-0.4, -0.2) is 73.7 Å². The molecule has 0 aliphatic rings. The average Bonchev–Trinajstić information content (AvgIpc) is 3.32. The van der Waals surface area contributed by atoms with Gasteiger partial charge < -0.3 is 15.2 Å². The number of aromatic nitrogens is 3. The number of hydrogen-bond donors (Lipinski definition) is 2. The summed E-state index contributed by atoms with van der Waals surface area (Å²) in [5, 5.41) is 15.8. The van der Waals surface area contributed by atoms with E-state index in [1.54, 1.807) is 53.5 Å². The van der Waals surface area contributed by atoms with Crippen LogP contribution < -0.4 is 10.1 Å². The van der Waals surface area contributed by atoms with Crippen molar-refractivity contribution in [2.45, 2.75) is 47.5 Å². The van der Waals surface area contributed by atoms with Crippen LogP contribution in [0.25, 0.3) is 10.9 Å². The first-order valence-electron chi connectivity index (χ1n) is 12.2. The maximum absolute atomic E-state index is 12.7. The van der Waals surface area contributed by atoms with Crippen molar-refractivity contribution in [2.75, 3.05) is 5.32 Å². The van der Waals surface area contributed by atoms with E-state index in [0.717, 1.165) is 0 Å². The summed E-state index contributed by atoms with van der Waals surface area (Å²) in [6, 6.07) is 11.0. The Morgan fingerprint density at radius 2 is 1.77 bits per heavy atom. The van der Waals surface area contributed by atoms with Crippen LogP contribution in [0.2, 0.25) is 0 Å². The first-order valence-corrected chi connectivity index (χ1v) is 13.3. The number of ether oxygens (including phenoxy) is 1. The van der Waals surface area contributed by atoms with E-state index in [1.807, 2.05) is 20.8 Å². The Labute approximate surface area is 242 Å². The second kappa shape index (κ2) is 11.0. The number of fused-ring (bicyclic) bond motifs is 1. The van der Waals surface area contributed by atoms with Crippen LogP contribution in [0.3, 0.4) is 0 Å². The standard InChI is InChI=1S/C26H23B5N4O4S/c1-24(2,3)35-14-16(13-33-35)34-23(36)11-15-4-7-22(19(10-15)25(27,28)37)39-21-8-9-32-20-6-5-17(12-18(20)21)40(38)26(29,30)31/h4-10,12-14,37H,11H2,1-3H3,(H,34,36). The summed E-state index contributed by atoms with van der Waals surface area (Å²) in [6.07, 6.45) is 4.80. The minimum Gasteiger partial charge on any atom is -0.456 e. The molecule has 40 heavy (non-hydrogen) atoms. The lowest BCUT2D eigenvalue weighted by Gasteiger charge is -2.24. The molecule has 4 aromatic rings. The summed E-state index contributed by atoms with van der Waals surface area (Å²) in [5.74, 6) is 0.127. The highest BCUT2D eigenvalue weighted by Crippen LogP contribution is 2.35. The highest BCUT2D eigenvalue weighted by molar-refractivity contribution is 7.90. The number of carbonyl (C=O) groups is 1.